The molecule has 92 valence electrons. The van der Waals surface area contributed by atoms with Crippen LogP contribution in [0.5, 0.6) is 0 Å². The summed E-state index contributed by atoms with van der Waals surface area (Å²) in [6, 6.07) is 10.0. The Labute approximate surface area is 107 Å². The number of rotatable bonds is 3. The number of hydrogen-bond acceptors (Lipinski definition) is 2. The Morgan fingerprint density at radius 3 is 2.56 bits per heavy atom. The van der Waals surface area contributed by atoms with Gasteiger partial charge in [0.2, 0.25) is 5.76 Å². The molecule has 0 spiro atoms. The van der Waals surface area contributed by atoms with Crippen molar-refractivity contribution in [3.63, 3.8) is 0 Å². The van der Waals surface area contributed by atoms with E-state index in [4.69, 9.17) is 4.42 Å². The van der Waals surface area contributed by atoms with Gasteiger partial charge in [0, 0.05) is 6.07 Å². The van der Waals surface area contributed by atoms with Crippen molar-refractivity contribution in [2.24, 2.45) is 4.99 Å². The van der Waals surface area contributed by atoms with Crippen molar-refractivity contribution in [2.45, 2.75) is 6.92 Å². The molecule has 3 nitrogen and oxygen atoms in total. The van der Waals surface area contributed by atoms with Gasteiger partial charge in [0.15, 0.2) is 0 Å². The first-order valence-corrected chi connectivity index (χ1v) is 5.80. The third-order valence-electron chi connectivity index (χ3n) is 2.88. The van der Waals surface area contributed by atoms with E-state index in [1.165, 1.54) is 5.56 Å². The van der Waals surface area contributed by atoms with Crippen LogP contribution < -0.4 is 0 Å². The average Bonchev–Trinajstić information content (AvgIpc) is 2.79. The van der Waals surface area contributed by atoms with Gasteiger partial charge in [0.25, 0.3) is 5.71 Å². The molecule has 0 saturated heterocycles. The predicted octanol–water partition coefficient (Wildman–Crippen LogP) is 3.03. The molecular formula is C15H17N2O+. The van der Waals surface area contributed by atoms with Crippen LogP contribution in [0.1, 0.15) is 16.9 Å². The normalized spacial score (nSPS) is 10.2. The molecule has 3 heteroatoms. The molecule has 0 fully saturated rings. The van der Waals surface area contributed by atoms with Gasteiger partial charge in [-0.15, -0.1) is 0 Å². The number of nitrogens with zero attached hydrogens (tertiary/aromatic N) is 2. The second-order valence-corrected chi connectivity index (χ2v) is 4.35. The van der Waals surface area contributed by atoms with Crippen LogP contribution in [0.4, 0.5) is 5.69 Å². The molecule has 1 heterocycles. The molecular weight excluding hydrogens is 224 g/mol. The maximum absolute atomic E-state index is 5.58. The lowest BCUT2D eigenvalue weighted by Gasteiger charge is -2.06. The number of aliphatic imine (C=N–C) groups is 1. The third-order valence-corrected chi connectivity index (χ3v) is 2.88. The van der Waals surface area contributed by atoms with Crippen molar-refractivity contribution in [3.8, 4) is 0 Å². The van der Waals surface area contributed by atoms with Crippen molar-refractivity contribution >= 4 is 18.1 Å². The van der Waals surface area contributed by atoms with E-state index in [9.17, 15) is 0 Å². The first-order valence-electron chi connectivity index (χ1n) is 5.80. The van der Waals surface area contributed by atoms with E-state index in [0.717, 1.165) is 22.7 Å². The van der Waals surface area contributed by atoms with Crippen LogP contribution >= 0.6 is 0 Å². The van der Waals surface area contributed by atoms with Gasteiger partial charge in [-0.1, -0.05) is 18.2 Å². The van der Waals surface area contributed by atoms with Crippen molar-refractivity contribution in [1.29, 1.82) is 0 Å². The molecule has 0 unspecified atom stereocenters. The zero-order valence-corrected chi connectivity index (χ0v) is 11.0. The zero-order valence-electron chi connectivity index (χ0n) is 11.0. The number of furan rings is 1. The minimum absolute atomic E-state index is 0.754. The molecule has 1 aromatic heterocycles. The molecule has 1 aromatic carbocycles. The van der Waals surface area contributed by atoms with Gasteiger partial charge in [-0.25, -0.2) is 4.58 Å². The number of aryl methyl sites for hydroxylation is 1. The summed E-state index contributed by atoms with van der Waals surface area (Å²) in [4.78, 5) is 4.00. The molecule has 2 rings (SSSR count). The summed E-state index contributed by atoms with van der Waals surface area (Å²) in [5.74, 6) is 0.754. The molecule has 2 aromatic rings. The van der Waals surface area contributed by atoms with Gasteiger partial charge < -0.3 is 4.42 Å². The molecule has 0 amide bonds. The van der Waals surface area contributed by atoms with E-state index in [2.05, 4.69) is 30.8 Å². The summed E-state index contributed by atoms with van der Waals surface area (Å²) in [6.07, 6.45) is 1.64. The number of hydrogen-bond donors (Lipinski definition) is 0. The molecule has 0 atom stereocenters. The van der Waals surface area contributed by atoms with E-state index < -0.39 is 0 Å². The predicted molar refractivity (Wildman–Crippen MR) is 74.4 cm³/mol. The van der Waals surface area contributed by atoms with Crippen molar-refractivity contribution in [3.05, 3.63) is 53.5 Å². The zero-order chi connectivity index (χ0) is 13.1. The van der Waals surface area contributed by atoms with Gasteiger partial charge in [-0.2, -0.15) is 0 Å². The highest BCUT2D eigenvalue weighted by Gasteiger charge is 2.23. The van der Waals surface area contributed by atoms with Crippen LogP contribution in [0.25, 0.3) is 0 Å². The highest BCUT2D eigenvalue weighted by molar-refractivity contribution is 6.11. The van der Waals surface area contributed by atoms with Gasteiger partial charge >= 0.3 is 0 Å². The minimum Gasteiger partial charge on any atom is -0.456 e. The standard InChI is InChI=1S/C15H17N2O/c1-11-7-5-6-8-12(11)14(17(3)4)15-13(16-2)9-10-18-15/h5-10H,2H2,1,3-4H3/q+1. The van der Waals surface area contributed by atoms with Crippen LogP contribution in [-0.2, 0) is 0 Å². The van der Waals surface area contributed by atoms with Gasteiger partial charge in [-0.05, 0) is 25.3 Å². The van der Waals surface area contributed by atoms with E-state index in [-0.39, 0.29) is 0 Å². The average molecular weight is 241 g/mol. The Kier molecular flexibility index (Phi) is 3.42. The third kappa shape index (κ3) is 2.12. The van der Waals surface area contributed by atoms with E-state index in [1.807, 2.05) is 36.9 Å². The first-order chi connectivity index (χ1) is 8.65. The molecule has 0 radical (unpaired) electrons. The van der Waals surface area contributed by atoms with Crippen molar-refractivity contribution in [1.82, 2.24) is 0 Å². The van der Waals surface area contributed by atoms with Crippen molar-refractivity contribution < 1.29 is 8.99 Å². The van der Waals surface area contributed by atoms with Crippen LogP contribution in [0.3, 0.4) is 0 Å². The molecule has 0 aliphatic rings. The van der Waals surface area contributed by atoms with Crippen molar-refractivity contribution in [2.75, 3.05) is 14.1 Å². The van der Waals surface area contributed by atoms with E-state index in [1.54, 1.807) is 6.26 Å². The van der Waals surface area contributed by atoms with Crippen LogP contribution in [0.15, 0.2) is 46.0 Å². The fourth-order valence-corrected chi connectivity index (χ4v) is 2.01. The lowest BCUT2D eigenvalue weighted by atomic mass is 10.0. The van der Waals surface area contributed by atoms with Gasteiger partial charge in [0.1, 0.15) is 19.8 Å². The Bertz CT molecular complexity index is 604. The maximum atomic E-state index is 5.58. The Morgan fingerprint density at radius 2 is 1.94 bits per heavy atom. The largest absolute Gasteiger partial charge is 0.456 e. The topological polar surface area (TPSA) is 28.5 Å². The minimum atomic E-state index is 0.754. The molecule has 0 saturated carbocycles. The Balaban J connectivity index is 2.67. The lowest BCUT2D eigenvalue weighted by molar-refractivity contribution is -0.463. The summed E-state index contributed by atoms with van der Waals surface area (Å²) >= 11 is 0. The van der Waals surface area contributed by atoms with Gasteiger partial charge in [-0.3, -0.25) is 4.99 Å². The second-order valence-electron chi connectivity index (χ2n) is 4.35. The van der Waals surface area contributed by atoms with E-state index >= 15 is 0 Å². The molecule has 0 aliphatic heterocycles. The summed E-state index contributed by atoms with van der Waals surface area (Å²) in [6.45, 7) is 5.67. The van der Waals surface area contributed by atoms with Gasteiger partial charge in [0.05, 0.1) is 11.8 Å². The highest BCUT2D eigenvalue weighted by Crippen LogP contribution is 2.24. The van der Waals surface area contributed by atoms with Crippen LogP contribution in [0, 0.1) is 6.92 Å². The highest BCUT2D eigenvalue weighted by atomic mass is 16.3. The summed E-state index contributed by atoms with van der Waals surface area (Å²) < 4.78 is 7.61. The smallest absolute Gasteiger partial charge is 0.252 e. The number of benzene rings is 1. The molecule has 0 aliphatic carbocycles. The Morgan fingerprint density at radius 1 is 1.22 bits per heavy atom. The van der Waals surface area contributed by atoms with Crippen LogP contribution in [-0.4, -0.2) is 31.1 Å². The summed E-state index contributed by atoms with van der Waals surface area (Å²) in [5, 5.41) is 0. The second kappa shape index (κ2) is 5.00. The SMILES string of the molecule is C=Nc1ccoc1C(c1ccccc1C)=[N+](C)C. The molecule has 0 bridgehead atoms. The summed E-state index contributed by atoms with van der Waals surface area (Å²) in [5.41, 5.74) is 4.12. The van der Waals surface area contributed by atoms with Crippen LogP contribution in [0.2, 0.25) is 0 Å². The Hall–Kier alpha value is -2.16. The fourth-order valence-electron chi connectivity index (χ4n) is 2.01. The lowest BCUT2D eigenvalue weighted by Crippen LogP contribution is -2.17. The molecule has 0 N–H and O–H groups in total. The quantitative estimate of drug-likeness (QED) is 0.599. The maximum Gasteiger partial charge on any atom is 0.252 e. The fraction of sp³-hybridized carbons (Fsp3) is 0.200. The monoisotopic (exact) mass is 241 g/mol. The first kappa shape index (κ1) is 12.3. The summed E-state index contributed by atoms with van der Waals surface area (Å²) in [7, 11) is 3.99. The molecule has 18 heavy (non-hydrogen) atoms. The van der Waals surface area contributed by atoms with E-state index in [0.29, 0.717) is 0 Å².